The molecule has 0 aliphatic carbocycles. The van der Waals surface area contributed by atoms with Crippen molar-refractivity contribution in [2.24, 2.45) is 0 Å². The number of aromatic nitrogens is 1. The molecule has 0 radical (unpaired) electrons. The molecule has 0 saturated carbocycles. The first kappa shape index (κ1) is 26.3. The number of ether oxygens (including phenoxy) is 4. The van der Waals surface area contributed by atoms with Gasteiger partial charge in [0.2, 0.25) is 0 Å². The molecule has 11 nitrogen and oxygen atoms in total. The fourth-order valence-electron chi connectivity index (χ4n) is 3.38. The molecule has 1 aliphatic rings. The minimum atomic E-state index is -3.75. The van der Waals surface area contributed by atoms with Crippen LogP contribution in [-0.4, -0.2) is 49.4 Å². The molecule has 3 aromatic rings. The first-order valence-corrected chi connectivity index (χ1v) is 11.2. The Bertz CT molecular complexity index is 1350. The Labute approximate surface area is 215 Å². The first-order valence-electron chi connectivity index (χ1n) is 11.2. The van der Waals surface area contributed by atoms with Gasteiger partial charge in [0, 0.05) is 30.2 Å². The van der Waals surface area contributed by atoms with Gasteiger partial charge in [0.05, 0.1) is 12.7 Å². The molecule has 198 valence electrons. The number of fused-ring (bicyclic) bond motifs is 1. The number of halogens is 2. The normalized spacial score (nSPS) is 12.9. The van der Waals surface area contributed by atoms with E-state index < -0.39 is 24.1 Å². The average Bonchev–Trinajstić information content (AvgIpc) is 3.20. The van der Waals surface area contributed by atoms with E-state index in [9.17, 15) is 23.2 Å². The van der Waals surface area contributed by atoms with Crippen molar-refractivity contribution in [1.29, 1.82) is 0 Å². The van der Waals surface area contributed by atoms with Crippen LogP contribution < -0.4 is 25.4 Å². The summed E-state index contributed by atoms with van der Waals surface area (Å²) in [4.78, 5) is 40.1. The van der Waals surface area contributed by atoms with E-state index in [1.54, 1.807) is 36.4 Å². The van der Waals surface area contributed by atoms with Gasteiger partial charge in [-0.1, -0.05) is 12.1 Å². The highest BCUT2D eigenvalue weighted by Crippen LogP contribution is 2.42. The second kappa shape index (κ2) is 11.5. The van der Waals surface area contributed by atoms with Crippen molar-refractivity contribution < 1.29 is 42.1 Å². The largest absolute Gasteiger partial charge is 0.586 e. The van der Waals surface area contributed by atoms with E-state index in [0.29, 0.717) is 11.3 Å². The third kappa shape index (κ3) is 6.91. The highest BCUT2D eigenvalue weighted by Gasteiger charge is 2.43. The lowest BCUT2D eigenvalue weighted by Gasteiger charge is -2.13. The van der Waals surface area contributed by atoms with Gasteiger partial charge in [-0.05, 0) is 42.0 Å². The van der Waals surface area contributed by atoms with Crippen LogP contribution in [0.4, 0.5) is 26.0 Å². The van der Waals surface area contributed by atoms with Gasteiger partial charge in [-0.15, -0.1) is 8.78 Å². The Balaban J connectivity index is 1.35. The van der Waals surface area contributed by atoms with Crippen LogP contribution in [0.3, 0.4) is 0 Å². The summed E-state index contributed by atoms with van der Waals surface area (Å²) in [5.41, 5.74) is 1.81. The quantitative estimate of drug-likeness (QED) is 0.338. The minimum Gasteiger partial charge on any atom is -0.467 e. The summed E-state index contributed by atoms with van der Waals surface area (Å²) >= 11 is 0. The maximum absolute atomic E-state index is 13.3. The van der Waals surface area contributed by atoms with Crippen LogP contribution in [0.1, 0.15) is 15.9 Å². The number of pyridine rings is 1. The minimum absolute atomic E-state index is 0.128. The predicted molar refractivity (Wildman–Crippen MR) is 130 cm³/mol. The number of carbonyl (C=O) groups is 3. The van der Waals surface area contributed by atoms with Crippen LogP contribution >= 0.6 is 0 Å². The summed E-state index contributed by atoms with van der Waals surface area (Å²) in [7, 11) is 1.21. The molecule has 4 rings (SSSR count). The van der Waals surface area contributed by atoms with Crippen LogP contribution in [0, 0.1) is 0 Å². The lowest BCUT2D eigenvalue weighted by atomic mass is 10.1. The second-order valence-corrected chi connectivity index (χ2v) is 7.85. The first-order chi connectivity index (χ1) is 18.2. The standard InChI is InChI=1S/C25H22F2N4O7/c1-35-23(33)14-36-13-22(32)31-21-10-15(8-9-28-21)12-29-18-5-3-2-4-17(18)24(34)30-16-6-7-19-20(11-16)38-25(26,27)37-19/h2-11,29H,12-14H2,1H3,(H,30,34)(H,28,31,32). The van der Waals surface area contributed by atoms with Crippen molar-refractivity contribution in [3.63, 3.8) is 0 Å². The molecular weight excluding hydrogens is 506 g/mol. The molecule has 2 aromatic carbocycles. The van der Waals surface area contributed by atoms with Crippen molar-refractivity contribution in [1.82, 2.24) is 4.98 Å². The number of amides is 2. The van der Waals surface area contributed by atoms with Gasteiger partial charge in [0.25, 0.3) is 11.8 Å². The number of benzene rings is 2. The number of rotatable bonds is 10. The number of hydrogen-bond acceptors (Lipinski definition) is 9. The number of esters is 1. The SMILES string of the molecule is COC(=O)COCC(=O)Nc1cc(CNc2ccccc2C(=O)Nc2ccc3c(c2)OC(F)(F)O3)ccn1. The number of nitrogens with zero attached hydrogens (tertiary/aromatic N) is 1. The van der Waals surface area contributed by atoms with Gasteiger partial charge in [0.1, 0.15) is 19.0 Å². The zero-order chi connectivity index (χ0) is 27.1. The summed E-state index contributed by atoms with van der Waals surface area (Å²) in [6, 6.07) is 14.0. The zero-order valence-electron chi connectivity index (χ0n) is 20.0. The van der Waals surface area contributed by atoms with E-state index in [4.69, 9.17) is 4.74 Å². The molecule has 2 heterocycles. The lowest BCUT2D eigenvalue weighted by Crippen LogP contribution is -2.25. The van der Waals surface area contributed by atoms with Crippen molar-refractivity contribution in [3.05, 3.63) is 71.9 Å². The molecule has 2 amide bonds. The van der Waals surface area contributed by atoms with Gasteiger partial charge in [0.15, 0.2) is 11.5 Å². The van der Waals surface area contributed by atoms with Crippen LogP contribution in [0.15, 0.2) is 60.8 Å². The molecule has 0 bridgehead atoms. The molecule has 0 fully saturated rings. The number of carbonyl (C=O) groups excluding carboxylic acids is 3. The fraction of sp³-hybridized carbons (Fsp3) is 0.200. The number of anilines is 3. The van der Waals surface area contributed by atoms with Crippen molar-refractivity contribution in [2.75, 3.05) is 36.3 Å². The molecule has 1 aromatic heterocycles. The summed E-state index contributed by atoms with van der Waals surface area (Å²) in [6.45, 7) is -0.417. The van der Waals surface area contributed by atoms with E-state index in [0.717, 1.165) is 5.56 Å². The number of methoxy groups -OCH3 is 1. The number of nitrogens with one attached hydrogen (secondary N) is 3. The molecule has 0 saturated heterocycles. The number of hydrogen-bond donors (Lipinski definition) is 3. The Morgan fingerprint density at radius 3 is 2.58 bits per heavy atom. The van der Waals surface area contributed by atoms with Gasteiger partial charge < -0.3 is 34.9 Å². The maximum Gasteiger partial charge on any atom is 0.586 e. The monoisotopic (exact) mass is 528 g/mol. The van der Waals surface area contributed by atoms with E-state index in [-0.39, 0.29) is 42.8 Å². The molecule has 0 unspecified atom stereocenters. The van der Waals surface area contributed by atoms with Gasteiger partial charge in [-0.3, -0.25) is 9.59 Å². The molecule has 38 heavy (non-hydrogen) atoms. The molecule has 1 aliphatic heterocycles. The molecule has 0 atom stereocenters. The average molecular weight is 528 g/mol. The van der Waals surface area contributed by atoms with Crippen LogP contribution in [0.5, 0.6) is 11.5 Å². The smallest absolute Gasteiger partial charge is 0.467 e. The molecule has 0 spiro atoms. The maximum atomic E-state index is 13.3. The Hall–Kier alpha value is -4.78. The highest BCUT2D eigenvalue weighted by atomic mass is 19.3. The summed E-state index contributed by atoms with van der Waals surface area (Å²) in [6.07, 6.45) is -2.25. The van der Waals surface area contributed by atoms with E-state index >= 15 is 0 Å². The van der Waals surface area contributed by atoms with E-state index in [1.165, 1.54) is 31.5 Å². The van der Waals surface area contributed by atoms with E-state index in [2.05, 4.69) is 35.1 Å². The predicted octanol–water partition coefficient (Wildman–Crippen LogP) is 3.40. The molecule has 13 heteroatoms. The van der Waals surface area contributed by atoms with Gasteiger partial charge in [-0.25, -0.2) is 9.78 Å². The third-order valence-electron chi connectivity index (χ3n) is 5.09. The topological polar surface area (TPSA) is 137 Å². The summed E-state index contributed by atoms with van der Waals surface area (Å²) < 4.78 is 44.7. The Morgan fingerprint density at radius 1 is 0.974 bits per heavy atom. The molecule has 3 N–H and O–H groups in total. The summed E-state index contributed by atoms with van der Waals surface area (Å²) in [5, 5.41) is 8.38. The zero-order valence-corrected chi connectivity index (χ0v) is 20.0. The molecular formula is C25H22F2N4O7. The highest BCUT2D eigenvalue weighted by molar-refractivity contribution is 6.08. The van der Waals surface area contributed by atoms with Crippen LogP contribution in [-0.2, 0) is 25.6 Å². The van der Waals surface area contributed by atoms with Crippen LogP contribution in [0.2, 0.25) is 0 Å². The third-order valence-corrected chi connectivity index (χ3v) is 5.09. The summed E-state index contributed by atoms with van der Waals surface area (Å²) in [5.74, 6) is -1.62. The fourth-order valence-corrected chi connectivity index (χ4v) is 3.38. The van der Waals surface area contributed by atoms with Crippen molar-refractivity contribution in [2.45, 2.75) is 12.8 Å². The van der Waals surface area contributed by atoms with Crippen molar-refractivity contribution in [3.8, 4) is 11.5 Å². The van der Waals surface area contributed by atoms with Crippen molar-refractivity contribution >= 4 is 35.0 Å². The number of alkyl halides is 2. The Morgan fingerprint density at radius 2 is 1.76 bits per heavy atom. The lowest BCUT2D eigenvalue weighted by molar-refractivity contribution is -0.286. The van der Waals surface area contributed by atoms with Crippen LogP contribution in [0.25, 0.3) is 0 Å². The van der Waals surface area contributed by atoms with E-state index in [1.807, 2.05) is 0 Å². The number of para-hydroxylation sites is 1. The second-order valence-electron chi connectivity index (χ2n) is 7.85. The Kier molecular flexibility index (Phi) is 7.97. The van der Waals surface area contributed by atoms with Gasteiger partial charge in [-0.2, -0.15) is 0 Å². The van der Waals surface area contributed by atoms with Gasteiger partial charge >= 0.3 is 12.3 Å².